The number of benzene rings is 6. The van der Waals surface area contributed by atoms with Gasteiger partial charge in [0.25, 0.3) is 0 Å². The molecule has 0 spiro atoms. The fourth-order valence-corrected chi connectivity index (χ4v) is 7.97. The Balaban J connectivity index is 1.19. The van der Waals surface area contributed by atoms with Crippen LogP contribution < -0.4 is 9.80 Å². The number of halogens is 1. The molecule has 8 heteroatoms. The van der Waals surface area contributed by atoms with Gasteiger partial charge in [-0.05, 0) is 81.2 Å². The van der Waals surface area contributed by atoms with Gasteiger partial charge in [-0.25, -0.2) is 19.9 Å². The van der Waals surface area contributed by atoms with Crippen LogP contribution in [-0.4, -0.2) is 19.9 Å². The first-order valence-electron chi connectivity index (χ1n) is 18.5. The van der Waals surface area contributed by atoms with E-state index in [0.717, 1.165) is 65.9 Å². The van der Waals surface area contributed by atoms with E-state index < -0.39 is 0 Å². The molecule has 0 saturated carbocycles. The lowest BCUT2D eigenvalue weighted by Gasteiger charge is -2.28. The van der Waals surface area contributed by atoms with Crippen molar-refractivity contribution < 1.29 is 0 Å². The lowest BCUT2D eigenvalue weighted by atomic mass is 9.92. The molecule has 10 rings (SSSR count). The van der Waals surface area contributed by atoms with Gasteiger partial charge in [-0.15, -0.1) is 0 Å². The molecule has 10 aromatic rings. The van der Waals surface area contributed by atoms with E-state index in [9.17, 15) is 5.26 Å². The van der Waals surface area contributed by atoms with Gasteiger partial charge in [0, 0.05) is 46.7 Å². The summed E-state index contributed by atoms with van der Waals surface area (Å²) < 4.78 is 0. The molecular weight excluding hydrogens is 722 g/mol. The van der Waals surface area contributed by atoms with Crippen molar-refractivity contribution in [2.45, 2.75) is 0 Å². The molecule has 0 N–H and O–H groups in total. The number of aromatic nitrogens is 4. The Hall–Kier alpha value is -7.66. The summed E-state index contributed by atoms with van der Waals surface area (Å²) >= 11 is 7.15. The SMILES string of the molecule is N#Cc1cc(-c2ccccc2)cnc1N(c1ccccn1)c1ccc2ccc3c(N(c4ccccn4)c4ncc(-c5ccccc5)cc4Cl)ccc4ccc1c2c43. The quantitative estimate of drug-likeness (QED) is 0.143. The molecule has 0 amide bonds. The van der Waals surface area contributed by atoms with Gasteiger partial charge in [0.1, 0.15) is 17.7 Å². The molecule has 6 aromatic carbocycles. The zero-order chi connectivity index (χ0) is 38.3. The molecule has 268 valence electrons. The van der Waals surface area contributed by atoms with Crippen molar-refractivity contribution in [2.75, 3.05) is 9.80 Å². The second kappa shape index (κ2) is 14.2. The zero-order valence-electron chi connectivity index (χ0n) is 30.3. The number of hydrogen-bond acceptors (Lipinski definition) is 7. The van der Waals surface area contributed by atoms with Gasteiger partial charge in [0.2, 0.25) is 0 Å². The molecule has 0 aliphatic rings. The van der Waals surface area contributed by atoms with E-state index in [4.69, 9.17) is 31.5 Å². The average molecular weight is 752 g/mol. The molecule has 0 unspecified atom stereocenters. The van der Waals surface area contributed by atoms with Crippen molar-refractivity contribution in [3.63, 3.8) is 0 Å². The summed E-state index contributed by atoms with van der Waals surface area (Å²) in [5.74, 6) is 2.39. The lowest BCUT2D eigenvalue weighted by Crippen LogP contribution is -2.15. The van der Waals surface area contributed by atoms with Crippen LogP contribution in [0.2, 0.25) is 5.02 Å². The molecule has 4 aromatic heterocycles. The minimum absolute atomic E-state index is 0.434. The van der Waals surface area contributed by atoms with E-state index in [1.54, 1.807) is 12.4 Å². The van der Waals surface area contributed by atoms with Gasteiger partial charge in [0.15, 0.2) is 11.6 Å². The van der Waals surface area contributed by atoms with Crippen molar-refractivity contribution in [3.05, 3.63) is 193 Å². The van der Waals surface area contributed by atoms with Gasteiger partial charge in [-0.3, -0.25) is 9.80 Å². The van der Waals surface area contributed by atoms with Crippen LogP contribution in [0.5, 0.6) is 0 Å². The molecule has 0 radical (unpaired) electrons. The molecule has 0 aliphatic carbocycles. The summed E-state index contributed by atoms with van der Waals surface area (Å²) in [6.45, 7) is 0. The van der Waals surface area contributed by atoms with Crippen molar-refractivity contribution in [1.29, 1.82) is 5.26 Å². The van der Waals surface area contributed by atoms with E-state index in [2.05, 4.69) is 54.6 Å². The van der Waals surface area contributed by atoms with Crippen molar-refractivity contribution in [3.8, 4) is 28.3 Å². The van der Waals surface area contributed by atoms with Crippen LogP contribution in [0.15, 0.2) is 183 Å². The minimum atomic E-state index is 0.434. The number of rotatable bonds is 8. The number of anilines is 6. The summed E-state index contributed by atoms with van der Waals surface area (Å²) in [6, 6.07) is 55.0. The number of nitrogens with zero attached hydrogens (tertiary/aromatic N) is 7. The molecule has 7 nitrogen and oxygen atoms in total. The maximum atomic E-state index is 10.6. The van der Waals surface area contributed by atoms with E-state index in [1.807, 2.05) is 131 Å². The summed E-state index contributed by atoms with van der Waals surface area (Å²) in [4.78, 5) is 23.5. The third kappa shape index (κ3) is 5.93. The zero-order valence-corrected chi connectivity index (χ0v) is 31.1. The Bertz CT molecular complexity index is 3100. The second-order valence-corrected chi connectivity index (χ2v) is 14.0. The molecule has 4 heterocycles. The first kappa shape index (κ1) is 33.9. The van der Waals surface area contributed by atoms with Crippen LogP contribution in [0, 0.1) is 11.3 Å². The Kier molecular flexibility index (Phi) is 8.44. The van der Waals surface area contributed by atoms with Crippen LogP contribution in [-0.2, 0) is 0 Å². The Labute approximate surface area is 333 Å². The second-order valence-electron chi connectivity index (χ2n) is 13.6. The van der Waals surface area contributed by atoms with E-state index >= 15 is 0 Å². The van der Waals surface area contributed by atoms with Crippen LogP contribution in [0.3, 0.4) is 0 Å². The first-order valence-corrected chi connectivity index (χ1v) is 18.8. The van der Waals surface area contributed by atoms with Gasteiger partial charge < -0.3 is 0 Å². The largest absolute Gasteiger partial charge is 0.277 e. The molecule has 57 heavy (non-hydrogen) atoms. The number of pyridine rings is 4. The Morgan fingerprint density at radius 3 is 1.42 bits per heavy atom. The average Bonchev–Trinajstić information content (AvgIpc) is 3.28. The van der Waals surface area contributed by atoms with Crippen LogP contribution in [0.25, 0.3) is 54.6 Å². The maximum absolute atomic E-state index is 10.6. The monoisotopic (exact) mass is 751 g/mol. The standard InChI is InChI=1S/C49H30ClN7/c50-41-28-38(33-13-5-2-6-14-33)31-55-49(41)57(45-16-8-10-26-53-45)43-24-20-35-17-21-39-42(23-19-34-18-22-40(43)47(35)46(34)39)56(44-15-7-9-25-52-44)48-36(29-51)27-37(30-54-48)32-11-3-1-4-12-32/h1-28,30-31H. The Morgan fingerprint density at radius 2 is 0.930 bits per heavy atom. The summed E-state index contributed by atoms with van der Waals surface area (Å²) in [6.07, 6.45) is 7.21. The third-order valence-corrected chi connectivity index (χ3v) is 10.6. The molecule has 0 bridgehead atoms. The molecular formula is C49H30ClN7. The van der Waals surface area contributed by atoms with Crippen molar-refractivity contribution in [1.82, 2.24) is 19.9 Å². The topological polar surface area (TPSA) is 81.8 Å². The smallest absolute Gasteiger partial charge is 0.157 e. The van der Waals surface area contributed by atoms with Crippen LogP contribution >= 0.6 is 11.6 Å². The summed E-state index contributed by atoms with van der Waals surface area (Å²) in [7, 11) is 0. The molecule has 0 atom stereocenters. The highest BCUT2D eigenvalue weighted by Gasteiger charge is 2.25. The van der Waals surface area contributed by atoms with Gasteiger partial charge in [0.05, 0.1) is 22.0 Å². The lowest BCUT2D eigenvalue weighted by molar-refractivity contribution is 1.12. The maximum Gasteiger partial charge on any atom is 0.157 e. The number of nitriles is 1. The van der Waals surface area contributed by atoms with Crippen molar-refractivity contribution in [2.24, 2.45) is 0 Å². The van der Waals surface area contributed by atoms with Crippen LogP contribution in [0.1, 0.15) is 5.56 Å². The van der Waals surface area contributed by atoms with Gasteiger partial charge >= 0.3 is 0 Å². The van der Waals surface area contributed by atoms with E-state index in [1.165, 1.54) is 0 Å². The normalized spacial score (nSPS) is 11.2. The van der Waals surface area contributed by atoms with Crippen LogP contribution in [0.4, 0.5) is 34.6 Å². The Morgan fingerprint density at radius 1 is 0.456 bits per heavy atom. The highest BCUT2D eigenvalue weighted by molar-refractivity contribution is 6.34. The highest BCUT2D eigenvalue weighted by atomic mass is 35.5. The minimum Gasteiger partial charge on any atom is -0.277 e. The van der Waals surface area contributed by atoms with Crippen molar-refractivity contribution >= 4 is 78.6 Å². The highest BCUT2D eigenvalue weighted by Crippen LogP contribution is 2.48. The predicted octanol–water partition coefficient (Wildman–Crippen LogP) is 13.0. The summed E-state index contributed by atoms with van der Waals surface area (Å²) in [5.41, 5.74) is 5.97. The fourth-order valence-electron chi connectivity index (χ4n) is 7.71. The van der Waals surface area contributed by atoms with E-state index in [-0.39, 0.29) is 0 Å². The fraction of sp³-hybridized carbons (Fsp3) is 0. The number of hydrogen-bond donors (Lipinski definition) is 0. The van der Waals surface area contributed by atoms with E-state index in [0.29, 0.717) is 33.9 Å². The van der Waals surface area contributed by atoms with Gasteiger partial charge in [-0.1, -0.05) is 121 Å². The summed E-state index contributed by atoms with van der Waals surface area (Å²) in [5, 5.41) is 17.4. The third-order valence-electron chi connectivity index (χ3n) is 10.3. The molecule has 0 fully saturated rings. The predicted molar refractivity (Wildman–Crippen MR) is 231 cm³/mol. The molecule has 0 saturated heterocycles. The first-order chi connectivity index (χ1) is 28.2. The molecule has 0 aliphatic heterocycles. The van der Waals surface area contributed by atoms with Gasteiger partial charge in [-0.2, -0.15) is 5.26 Å².